The first-order valence-electron chi connectivity index (χ1n) is 8.46. The van der Waals surface area contributed by atoms with Crippen LogP contribution in [0.15, 0.2) is 53.4 Å². The van der Waals surface area contributed by atoms with Crippen LogP contribution in [0.25, 0.3) is 5.57 Å². The molecule has 2 N–H and O–H groups in total. The molecule has 0 heterocycles. The number of hydrogen-bond acceptors (Lipinski definition) is 3. The minimum absolute atomic E-state index is 0.227. The predicted octanol–water partition coefficient (Wildman–Crippen LogP) is 4.03. The van der Waals surface area contributed by atoms with Crippen molar-refractivity contribution < 1.29 is 13.5 Å². The van der Waals surface area contributed by atoms with Crippen LogP contribution in [0.1, 0.15) is 36.0 Å². The molecule has 1 unspecified atom stereocenters. The van der Waals surface area contributed by atoms with Crippen molar-refractivity contribution in [2.75, 3.05) is 4.72 Å². The Kier molecular flexibility index (Phi) is 4.97. The van der Waals surface area contributed by atoms with Crippen LogP contribution in [0.3, 0.4) is 0 Å². The molecule has 2 aromatic carbocycles. The average molecular weight is 357 g/mol. The molecule has 0 bridgehead atoms. The number of para-hydroxylation sites is 1. The van der Waals surface area contributed by atoms with Gasteiger partial charge in [-0.25, -0.2) is 8.42 Å². The standard InChI is InChI=1S/C20H23NO3S/c1-14-10-12-16(13-11-14)25(23,24)21-20-15(2)6-5-8-18(20)17-7-3-4-9-19(17)22/h5-8,10-13,19,21-22H,3-4,9H2,1-2H3. The Morgan fingerprint density at radius 3 is 2.48 bits per heavy atom. The Morgan fingerprint density at radius 1 is 1.08 bits per heavy atom. The van der Waals surface area contributed by atoms with Gasteiger partial charge in [0, 0.05) is 5.56 Å². The summed E-state index contributed by atoms with van der Waals surface area (Å²) in [5.74, 6) is 0. The van der Waals surface area contributed by atoms with Gasteiger partial charge in [0.1, 0.15) is 0 Å². The summed E-state index contributed by atoms with van der Waals surface area (Å²) in [5.41, 5.74) is 3.92. The molecule has 4 nitrogen and oxygen atoms in total. The first-order valence-corrected chi connectivity index (χ1v) is 9.94. The highest BCUT2D eigenvalue weighted by Gasteiger charge is 2.23. The van der Waals surface area contributed by atoms with Gasteiger partial charge in [-0.15, -0.1) is 0 Å². The third-order valence-electron chi connectivity index (χ3n) is 4.56. The van der Waals surface area contributed by atoms with Crippen molar-refractivity contribution in [2.24, 2.45) is 0 Å². The van der Waals surface area contributed by atoms with Crippen molar-refractivity contribution in [1.82, 2.24) is 0 Å². The van der Waals surface area contributed by atoms with Crippen LogP contribution < -0.4 is 4.72 Å². The van der Waals surface area contributed by atoms with Crippen LogP contribution in [0, 0.1) is 13.8 Å². The smallest absolute Gasteiger partial charge is 0.261 e. The van der Waals surface area contributed by atoms with Crippen LogP contribution in [0.4, 0.5) is 5.69 Å². The summed E-state index contributed by atoms with van der Waals surface area (Å²) in [6.07, 6.45) is 3.99. The third kappa shape index (κ3) is 3.78. The van der Waals surface area contributed by atoms with Gasteiger partial charge < -0.3 is 5.11 Å². The van der Waals surface area contributed by atoms with Gasteiger partial charge in [0.2, 0.25) is 0 Å². The Balaban J connectivity index is 2.03. The van der Waals surface area contributed by atoms with Crippen molar-refractivity contribution in [3.63, 3.8) is 0 Å². The molecule has 0 saturated carbocycles. The van der Waals surface area contributed by atoms with Gasteiger partial charge in [-0.1, -0.05) is 42.0 Å². The number of hydrogen-bond donors (Lipinski definition) is 2. The predicted molar refractivity (Wildman–Crippen MR) is 101 cm³/mol. The molecule has 0 saturated heterocycles. The molecule has 25 heavy (non-hydrogen) atoms. The van der Waals surface area contributed by atoms with Gasteiger partial charge in [-0.05, 0) is 56.4 Å². The lowest BCUT2D eigenvalue weighted by atomic mass is 9.89. The Labute approximate surface area is 149 Å². The molecule has 1 atom stereocenters. The second kappa shape index (κ2) is 7.02. The van der Waals surface area contributed by atoms with Crippen molar-refractivity contribution >= 4 is 21.3 Å². The maximum Gasteiger partial charge on any atom is 0.261 e. The summed E-state index contributed by atoms with van der Waals surface area (Å²) < 4.78 is 28.3. The second-order valence-corrected chi connectivity index (χ2v) is 8.20. The van der Waals surface area contributed by atoms with E-state index in [9.17, 15) is 13.5 Å². The highest BCUT2D eigenvalue weighted by atomic mass is 32.2. The average Bonchev–Trinajstić information content (AvgIpc) is 2.58. The van der Waals surface area contributed by atoms with E-state index in [0.717, 1.165) is 35.1 Å². The van der Waals surface area contributed by atoms with E-state index < -0.39 is 16.1 Å². The molecule has 3 rings (SSSR count). The molecule has 0 aromatic heterocycles. The third-order valence-corrected chi connectivity index (χ3v) is 5.92. The zero-order chi connectivity index (χ0) is 18.0. The number of benzene rings is 2. The number of rotatable bonds is 4. The number of allylic oxidation sites excluding steroid dienone is 1. The molecule has 5 heteroatoms. The van der Waals surface area contributed by atoms with Crippen molar-refractivity contribution in [3.05, 3.63) is 65.2 Å². The maximum atomic E-state index is 12.8. The Morgan fingerprint density at radius 2 is 1.80 bits per heavy atom. The Hall–Kier alpha value is -2.11. The first-order chi connectivity index (χ1) is 11.9. The van der Waals surface area contributed by atoms with Crippen LogP contribution >= 0.6 is 0 Å². The van der Waals surface area contributed by atoms with E-state index in [0.29, 0.717) is 12.1 Å². The van der Waals surface area contributed by atoms with Crippen LogP contribution in [0.2, 0.25) is 0 Å². The summed E-state index contributed by atoms with van der Waals surface area (Å²) in [5, 5.41) is 10.3. The summed E-state index contributed by atoms with van der Waals surface area (Å²) in [7, 11) is -3.69. The van der Waals surface area contributed by atoms with E-state index in [1.165, 1.54) is 0 Å². The summed E-state index contributed by atoms with van der Waals surface area (Å²) in [6.45, 7) is 3.78. The molecule has 0 fully saturated rings. The van der Waals surface area contributed by atoms with Crippen molar-refractivity contribution in [1.29, 1.82) is 0 Å². The lowest BCUT2D eigenvalue weighted by Gasteiger charge is -2.23. The van der Waals surface area contributed by atoms with Gasteiger partial charge in [0.25, 0.3) is 10.0 Å². The fourth-order valence-corrected chi connectivity index (χ4v) is 4.26. The van der Waals surface area contributed by atoms with E-state index in [4.69, 9.17) is 0 Å². The molecule has 1 aliphatic rings. The zero-order valence-electron chi connectivity index (χ0n) is 14.5. The number of aliphatic hydroxyl groups is 1. The highest BCUT2D eigenvalue weighted by Crippen LogP contribution is 2.34. The fourth-order valence-electron chi connectivity index (χ4n) is 3.10. The maximum absolute atomic E-state index is 12.8. The monoisotopic (exact) mass is 357 g/mol. The van der Waals surface area contributed by atoms with Crippen LogP contribution in [-0.4, -0.2) is 19.6 Å². The first kappa shape index (κ1) is 17.7. The topological polar surface area (TPSA) is 66.4 Å². The summed E-state index contributed by atoms with van der Waals surface area (Å²) in [6, 6.07) is 12.4. The number of anilines is 1. The lowest BCUT2D eigenvalue weighted by molar-refractivity contribution is 0.214. The SMILES string of the molecule is Cc1ccc(S(=O)(=O)Nc2c(C)cccc2C2=CCCCC2O)cc1. The number of sulfonamides is 1. The van der Waals surface area contributed by atoms with E-state index in [-0.39, 0.29) is 4.90 Å². The van der Waals surface area contributed by atoms with Crippen molar-refractivity contribution in [2.45, 2.75) is 44.1 Å². The van der Waals surface area contributed by atoms with E-state index in [1.807, 2.05) is 38.1 Å². The zero-order valence-corrected chi connectivity index (χ0v) is 15.3. The summed E-state index contributed by atoms with van der Waals surface area (Å²) in [4.78, 5) is 0.227. The van der Waals surface area contributed by atoms with Crippen LogP contribution in [0.5, 0.6) is 0 Å². The van der Waals surface area contributed by atoms with Gasteiger partial charge in [-0.2, -0.15) is 0 Å². The molecule has 2 aromatic rings. The molecular formula is C20H23NO3S. The largest absolute Gasteiger partial charge is 0.388 e. The molecule has 0 spiro atoms. The molecule has 1 aliphatic carbocycles. The van der Waals surface area contributed by atoms with E-state index >= 15 is 0 Å². The minimum atomic E-state index is -3.69. The van der Waals surface area contributed by atoms with Gasteiger partial charge in [-0.3, -0.25) is 4.72 Å². The molecule has 132 valence electrons. The van der Waals surface area contributed by atoms with E-state index in [1.54, 1.807) is 24.3 Å². The molecule has 0 radical (unpaired) electrons. The normalized spacial score (nSPS) is 17.9. The number of aryl methyl sites for hydroxylation is 2. The second-order valence-electron chi connectivity index (χ2n) is 6.52. The highest BCUT2D eigenvalue weighted by molar-refractivity contribution is 7.92. The summed E-state index contributed by atoms with van der Waals surface area (Å²) >= 11 is 0. The van der Waals surface area contributed by atoms with Gasteiger partial charge >= 0.3 is 0 Å². The molecular weight excluding hydrogens is 334 g/mol. The number of nitrogens with one attached hydrogen (secondary N) is 1. The van der Waals surface area contributed by atoms with Crippen molar-refractivity contribution in [3.8, 4) is 0 Å². The minimum Gasteiger partial charge on any atom is -0.388 e. The van der Waals surface area contributed by atoms with E-state index in [2.05, 4.69) is 4.72 Å². The quantitative estimate of drug-likeness (QED) is 0.868. The fraction of sp³-hybridized carbons (Fsp3) is 0.300. The lowest BCUT2D eigenvalue weighted by Crippen LogP contribution is -2.18. The molecule has 0 aliphatic heterocycles. The number of aliphatic hydroxyl groups excluding tert-OH is 1. The Bertz CT molecular complexity index is 899. The van der Waals surface area contributed by atoms with Gasteiger partial charge in [0.05, 0.1) is 16.7 Å². The van der Waals surface area contributed by atoms with Crippen LogP contribution in [-0.2, 0) is 10.0 Å². The van der Waals surface area contributed by atoms with Gasteiger partial charge in [0.15, 0.2) is 0 Å². The molecule has 0 amide bonds.